The molecule has 2 aromatic heterocycles. The fourth-order valence-corrected chi connectivity index (χ4v) is 6.45. The van der Waals surface area contributed by atoms with Gasteiger partial charge in [0.1, 0.15) is 5.82 Å². The number of aryl methyl sites for hydroxylation is 3. The van der Waals surface area contributed by atoms with Crippen molar-refractivity contribution in [1.82, 2.24) is 19.3 Å². The van der Waals surface area contributed by atoms with Gasteiger partial charge in [-0.1, -0.05) is 55.5 Å². The van der Waals surface area contributed by atoms with E-state index in [0.717, 1.165) is 43.5 Å². The molecule has 0 bridgehead atoms. The molecule has 1 amide bonds. The first-order valence-corrected chi connectivity index (χ1v) is 15.0. The Kier molecular flexibility index (Phi) is 7.55. The molecule has 0 atom stereocenters. The van der Waals surface area contributed by atoms with E-state index in [1.54, 1.807) is 30.5 Å². The lowest BCUT2D eigenvalue weighted by molar-refractivity contribution is 0.0981. The zero-order valence-corrected chi connectivity index (χ0v) is 24.7. The maximum atomic E-state index is 13.3. The minimum atomic E-state index is -4.13. The highest BCUT2D eigenvalue weighted by atomic mass is 125. The third-order valence-corrected chi connectivity index (χ3v) is 8.54. The van der Waals surface area contributed by atoms with Gasteiger partial charge in [-0.15, -0.1) is 0 Å². The first kappa shape index (κ1) is 27.0. The van der Waals surface area contributed by atoms with E-state index in [2.05, 4.69) is 47.2 Å². The Labute approximate surface area is 241 Å². The average Bonchev–Trinajstić information content (AvgIpc) is 3.26. The van der Waals surface area contributed by atoms with Crippen LogP contribution in [0.25, 0.3) is 22.2 Å². The second-order valence-corrected chi connectivity index (χ2v) is 12.3. The number of halogens is 1. The summed E-state index contributed by atoms with van der Waals surface area (Å²) in [5.74, 6) is 0.300. The number of nitrogens with one attached hydrogen (secondary N) is 1. The lowest BCUT2D eigenvalue weighted by Gasteiger charge is -2.13. The Hall–Kier alpha value is -3.57. The maximum Gasteiger partial charge on any atom is 0.266 e. The van der Waals surface area contributed by atoms with Gasteiger partial charge in [0.2, 0.25) is 0 Å². The Morgan fingerprint density at radius 3 is 2.46 bits per heavy atom. The SMILES string of the molecule is CCc1nc2c(C)cc(C)cc2n1Cc1ccc(-c2ccccc2S(=O)(=O)NC(=O)c2cncc([125I])c2)cc1. The third kappa shape index (κ3) is 5.60. The molecule has 5 rings (SSSR count). The summed E-state index contributed by atoms with van der Waals surface area (Å²) in [6, 6.07) is 20.4. The Morgan fingerprint density at radius 1 is 1.00 bits per heavy atom. The van der Waals surface area contributed by atoms with Gasteiger partial charge in [0.15, 0.2) is 0 Å². The highest BCUT2D eigenvalue weighted by Gasteiger charge is 2.23. The quantitative estimate of drug-likeness (QED) is 0.217. The number of amides is 1. The molecule has 0 aliphatic heterocycles. The number of sulfonamides is 1. The zero-order valence-electron chi connectivity index (χ0n) is 21.8. The molecule has 0 saturated heterocycles. The minimum absolute atomic E-state index is 0.0320. The van der Waals surface area contributed by atoms with E-state index in [9.17, 15) is 13.2 Å². The normalized spacial score (nSPS) is 11.6. The van der Waals surface area contributed by atoms with Crippen LogP contribution in [-0.2, 0) is 23.0 Å². The molecule has 9 heteroatoms. The molecule has 5 aromatic rings. The van der Waals surface area contributed by atoms with Crippen molar-refractivity contribution in [3.8, 4) is 11.1 Å². The van der Waals surface area contributed by atoms with Gasteiger partial charge in [0, 0.05) is 34.5 Å². The fourth-order valence-electron chi connectivity index (χ4n) is 4.75. The number of nitrogens with zero attached hydrogens (tertiary/aromatic N) is 3. The van der Waals surface area contributed by atoms with E-state index >= 15 is 0 Å². The van der Waals surface area contributed by atoms with E-state index in [4.69, 9.17) is 4.98 Å². The summed E-state index contributed by atoms with van der Waals surface area (Å²) in [6.45, 7) is 6.94. The van der Waals surface area contributed by atoms with Gasteiger partial charge in [-0.05, 0) is 76.9 Å². The predicted octanol–water partition coefficient (Wildman–Crippen LogP) is 6.05. The summed E-state index contributed by atoms with van der Waals surface area (Å²) in [5, 5.41) is 0. The molecule has 198 valence electrons. The minimum Gasteiger partial charge on any atom is -0.323 e. The number of carbonyl (C=O) groups excluding carboxylic acids is 1. The molecule has 2 heterocycles. The Balaban J connectivity index is 1.44. The summed E-state index contributed by atoms with van der Waals surface area (Å²) in [7, 11) is -4.13. The number of hydrogen-bond donors (Lipinski definition) is 1. The third-order valence-electron chi connectivity index (χ3n) is 6.56. The van der Waals surface area contributed by atoms with Crippen LogP contribution in [0.3, 0.4) is 0 Å². The second-order valence-electron chi connectivity index (χ2n) is 9.44. The van der Waals surface area contributed by atoms with E-state index in [-0.39, 0.29) is 10.5 Å². The molecule has 0 spiro atoms. The van der Waals surface area contributed by atoms with Crippen molar-refractivity contribution < 1.29 is 13.2 Å². The highest BCUT2D eigenvalue weighted by Crippen LogP contribution is 2.29. The topological polar surface area (TPSA) is 94.0 Å². The predicted molar refractivity (Wildman–Crippen MR) is 161 cm³/mol. The molecular weight excluding hydrogens is 621 g/mol. The molecular formula is C30H27IN4O3S. The van der Waals surface area contributed by atoms with Gasteiger partial charge in [-0.25, -0.2) is 18.1 Å². The molecule has 0 aliphatic rings. The highest BCUT2D eigenvalue weighted by molar-refractivity contribution is 14.1. The van der Waals surface area contributed by atoms with Crippen molar-refractivity contribution in [3.63, 3.8) is 0 Å². The van der Waals surface area contributed by atoms with Crippen molar-refractivity contribution in [2.45, 2.75) is 38.6 Å². The van der Waals surface area contributed by atoms with Gasteiger partial charge in [0.05, 0.1) is 21.5 Å². The number of hydrogen-bond acceptors (Lipinski definition) is 5. The van der Waals surface area contributed by atoms with Crippen molar-refractivity contribution >= 4 is 49.6 Å². The number of carbonyl (C=O) groups is 1. The van der Waals surface area contributed by atoms with Gasteiger partial charge in [0.25, 0.3) is 15.9 Å². The summed E-state index contributed by atoms with van der Waals surface area (Å²) in [5.41, 5.74) is 7.00. The lowest BCUT2D eigenvalue weighted by atomic mass is 10.0. The lowest BCUT2D eigenvalue weighted by Crippen LogP contribution is -2.31. The van der Waals surface area contributed by atoms with E-state index in [1.807, 2.05) is 46.9 Å². The van der Waals surface area contributed by atoms with Crippen molar-refractivity contribution in [1.29, 1.82) is 0 Å². The first-order valence-electron chi connectivity index (χ1n) is 12.5. The molecule has 39 heavy (non-hydrogen) atoms. The van der Waals surface area contributed by atoms with Crippen LogP contribution < -0.4 is 4.72 Å². The molecule has 1 N–H and O–H groups in total. The van der Waals surface area contributed by atoms with Crippen LogP contribution in [0.5, 0.6) is 0 Å². The van der Waals surface area contributed by atoms with Crippen LogP contribution in [0, 0.1) is 17.4 Å². The van der Waals surface area contributed by atoms with Gasteiger partial charge < -0.3 is 4.57 Å². The van der Waals surface area contributed by atoms with Crippen LogP contribution in [0.2, 0.25) is 0 Å². The smallest absolute Gasteiger partial charge is 0.266 e. The number of rotatable bonds is 7. The number of benzene rings is 3. The zero-order chi connectivity index (χ0) is 27.7. The Morgan fingerprint density at radius 2 is 1.74 bits per heavy atom. The van der Waals surface area contributed by atoms with Crippen LogP contribution in [-0.4, -0.2) is 28.9 Å². The van der Waals surface area contributed by atoms with Gasteiger partial charge >= 0.3 is 0 Å². The summed E-state index contributed by atoms with van der Waals surface area (Å²) in [4.78, 5) is 21.6. The second kappa shape index (κ2) is 10.9. The number of imidazole rings is 1. The van der Waals surface area contributed by atoms with Gasteiger partial charge in [-0.3, -0.25) is 9.78 Å². The first-order chi connectivity index (χ1) is 18.7. The maximum absolute atomic E-state index is 13.3. The summed E-state index contributed by atoms with van der Waals surface area (Å²) in [6.07, 6.45) is 3.75. The van der Waals surface area contributed by atoms with Crippen LogP contribution >= 0.6 is 22.6 Å². The van der Waals surface area contributed by atoms with Crippen molar-refractivity contribution in [2.75, 3.05) is 0 Å². The summed E-state index contributed by atoms with van der Waals surface area (Å²) < 4.78 is 31.7. The van der Waals surface area contributed by atoms with Crippen LogP contribution in [0.4, 0.5) is 0 Å². The van der Waals surface area contributed by atoms with E-state index in [0.29, 0.717) is 12.1 Å². The summed E-state index contributed by atoms with van der Waals surface area (Å²) >= 11 is 2.02. The molecule has 3 aromatic carbocycles. The number of aromatic nitrogens is 3. The Bertz CT molecular complexity index is 1810. The van der Waals surface area contributed by atoms with Crippen LogP contribution in [0.15, 0.2) is 84.0 Å². The molecule has 0 fully saturated rings. The average molecular weight is 649 g/mol. The van der Waals surface area contributed by atoms with Crippen molar-refractivity contribution in [2.24, 2.45) is 0 Å². The fraction of sp³-hybridized carbons (Fsp3) is 0.167. The number of pyridine rings is 1. The van der Waals surface area contributed by atoms with E-state index in [1.165, 1.54) is 17.8 Å². The monoisotopic (exact) mass is 648 g/mol. The number of fused-ring (bicyclic) bond motifs is 1. The standard InChI is InChI=1S/C30H27IN4O3S/c1-4-28-33-29-20(3)13-19(2)14-26(29)35(28)18-21-9-11-22(12-10-21)25-7-5-6-8-27(25)39(37,38)34-30(36)23-15-24(31)17-32-16-23/h5-17H,4,18H2,1-3H3,(H,34,36)/i31-2. The van der Waals surface area contributed by atoms with Crippen molar-refractivity contribution in [3.05, 3.63) is 111 Å². The molecule has 0 unspecified atom stereocenters. The molecule has 7 nitrogen and oxygen atoms in total. The molecule has 0 saturated carbocycles. The largest absolute Gasteiger partial charge is 0.323 e. The van der Waals surface area contributed by atoms with Crippen LogP contribution in [0.1, 0.15) is 39.8 Å². The molecule has 0 radical (unpaired) electrons. The molecule has 0 aliphatic carbocycles. The van der Waals surface area contributed by atoms with Gasteiger partial charge in [-0.2, -0.15) is 0 Å². The van der Waals surface area contributed by atoms with E-state index < -0.39 is 15.9 Å².